The van der Waals surface area contributed by atoms with Crippen molar-refractivity contribution >= 4 is 36.0 Å². The van der Waals surface area contributed by atoms with Crippen molar-refractivity contribution in [2.75, 3.05) is 11.1 Å². The lowest BCUT2D eigenvalue weighted by molar-refractivity contribution is -0.135. The molecule has 0 aliphatic heterocycles. The first-order valence-electron chi connectivity index (χ1n) is 11.6. The number of carbonyl (C=O) groups is 3. The first-order valence-corrected chi connectivity index (χ1v) is 12.2. The van der Waals surface area contributed by atoms with Crippen LogP contribution in [-0.4, -0.2) is 35.6 Å². The molecule has 2 aromatic carbocycles. The molecular weight excluding hydrogens is 434 g/mol. The SMILES string of the molecule is CCC(=O)NC1CCC(CS)(C(=O)N[C@@H](Cc2ccccc2)C(=O)Nc2ccccc2)CC1. The van der Waals surface area contributed by atoms with E-state index in [-0.39, 0.29) is 23.8 Å². The lowest BCUT2D eigenvalue weighted by atomic mass is 9.72. The van der Waals surface area contributed by atoms with Crippen molar-refractivity contribution < 1.29 is 14.4 Å². The summed E-state index contributed by atoms with van der Waals surface area (Å²) in [5, 5.41) is 8.97. The molecule has 176 valence electrons. The minimum atomic E-state index is -0.714. The van der Waals surface area contributed by atoms with Crippen molar-refractivity contribution in [2.24, 2.45) is 5.41 Å². The molecule has 1 atom stereocenters. The smallest absolute Gasteiger partial charge is 0.247 e. The number of para-hydroxylation sites is 1. The summed E-state index contributed by atoms with van der Waals surface area (Å²) in [6.45, 7) is 1.83. The maximum atomic E-state index is 13.5. The van der Waals surface area contributed by atoms with Crippen LogP contribution >= 0.6 is 12.6 Å². The molecule has 3 N–H and O–H groups in total. The van der Waals surface area contributed by atoms with Crippen LogP contribution in [0.25, 0.3) is 0 Å². The topological polar surface area (TPSA) is 87.3 Å². The highest BCUT2D eigenvalue weighted by atomic mass is 32.1. The van der Waals surface area contributed by atoms with Gasteiger partial charge in [0, 0.05) is 30.3 Å². The van der Waals surface area contributed by atoms with Gasteiger partial charge in [0.05, 0.1) is 5.41 Å². The van der Waals surface area contributed by atoms with Crippen molar-refractivity contribution in [1.82, 2.24) is 10.6 Å². The quantitative estimate of drug-likeness (QED) is 0.424. The maximum absolute atomic E-state index is 13.5. The van der Waals surface area contributed by atoms with E-state index in [4.69, 9.17) is 0 Å². The Kier molecular flexibility index (Phi) is 8.95. The molecule has 0 radical (unpaired) electrons. The van der Waals surface area contributed by atoms with E-state index in [9.17, 15) is 14.4 Å². The molecule has 3 amide bonds. The Hall–Kier alpha value is -2.80. The summed E-state index contributed by atoms with van der Waals surface area (Å²) < 4.78 is 0. The van der Waals surface area contributed by atoms with Crippen LogP contribution in [0.4, 0.5) is 5.69 Å². The van der Waals surface area contributed by atoms with Crippen LogP contribution in [0.2, 0.25) is 0 Å². The molecule has 6 nitrogen and oxygen atoms in total. The molecular formula is C26H33N3O3S. The van der Waals surface area contributed by atoms with Crippen LogP contribution in [0.1, 0.15) is 44.6 Å². The van der Waals surface area contributed by atoms with Gasteiger partial charge < -0.3 is 16.0 Å². The molecule has 7 heteroatoms. The van der Waals surface area contributed by atoms with Gasteiger partial charge >= 0.3 is 0 Å². The highest BCUT2D eigenvalue weighted by molar-refractivity contribution is 7.80. The third-order valence-electron chi connectivity index (χ3n) is 6.36. The molecule has 3 rings (SSSR count). The van der Waals surface area contributed by atoms with E-state index in [1.165, 1.54) is 0 Å². The van der Waals surface area contributed by atoms with E-state index >= 15 is 0 Å². The molecule has 1 fully saturated rings. The van der Waals surface area contributed by atoms with Gasteiger partial charge in [-0.2, -0.15) is 12.6 Å². The number of hydrogen-bond acceptors (Lipinski definition) is 4. The number of rotatable bonds is 9. The zero-order valence-corrected chi connectivity index (χ0v) is 19.9. The second-order valence-electron chi connectivity index (χ2n) is 8.70. The molecule has 0 aromatic heterocycles. The molecule has 0 saturated heterocycles. The highest BCUT2D eigenvalue weighted by Crippen LogP contribution is 2.38. The molecule has 0 spiro atoms. The van der Waals surface area contributed by atoms with Gasteiger partial charge in [0.1, 0.15) is 6.04 Å². The Bertz CT molecular complexity index is 928. The first kappa shape index (κ1) is 24.8. The predicted molar refractivity (Wildman–Crippen MR) is 134 cm³/mol. The van der Waals surface area contributed by atoms with Gasteiger partial charge in [0.2, 0.25) is 17.7 Å². The number of hydrogen-bond donors (Lipinski definition) is 4. The zero-order chi connectivity index (χ0) is 23.7. The number of benzene rings is 2. The van der Waals surface area contributed by atoms with Crippen molar-refractivity contribution in [3.63, 3.8) is 0 Å². The Labute approximate surface area is 201 Å². The van der Waals surface area contributed by atoms with Crippen molar-refractivity contribution in [1.29, 1.82) is 0 Å². The summed E-state index contributed by atoms with van der Waals surface area (Å²) in [6.07, 6.45) is 3.53. The van der Waals surface area contributed by atoms with Crippen LogP contribution in [0.3, 0.4) is 0 Å². The molecule has 1 aliphatic carbocycles. The van der Waals surface area contributed by atoms with E-state index in [2.05, 4.69) is 28.6 Å². The Morgan fingerprint density at radius 3 is 2.18 bits per heavy atom. The van der Waals surface area contributed by atoms with Gasteiger partial charge in [-0.1, -0.05) is 55.5 Å². The van der Waals surface area contributed by atoms with Crippen molar-refractivity contribution in [2.45, 2.75) is 57.5 Å². The van der Waals surface area contributed by atoms with Gasteiger partial charge in [-0.15, -0.1) is 0 Å². The van der Waals surface area contributed by atoms with Crippen LogP contribution < -0.4 is 16.0 Å². The molecule has 0 bridgehead atoms. The summed E-state index contributed by atoms with van der Waals surface area (Å²) >= 11 is 4.51. The minimum absolute atomic E-state index is 0.0309. The summed E-state index contributed by atoms with van der Waals surface area (Å²) in [5.74, 6) is 0.0212. The van der Waals surface area contributed by atoms with E-state index in [1.807, 2.05) is 67.6 Å². The highest BCUT2D eigenvalue weighted by Gasteiger charge is 2.42. The minimum Gasteiger partial charge on any atom is -0.353 e. The molecule has 1 aliphatic rings. The maximum Gasteiger partial charge on any atom is 0.247 e. The first-order chi connectivity index (χ1) is 16.0. The van der Waals surface area contributed by atoms with Gasteiger partial charge in [0.25, 0.3) is 0 Å². The normalized spacial score (nSPS) is 21.0. The Morgan fingerprint density at radius 1 is 1.00 bits per heavy atom. The van der Waals surface area contributed by atoms with E-state index in [0.29, 0.717) is 37.1 Å². The number of anilines is 1. The van der Waals surface area contributed by atoms with E-state index < -0.39 is 11.5 Å². The molecule has 0 heterocycles. The largest absolute Gasteiger partial charge is 0.353 e. The third kappa shape index (κ3) is 6.84. The van der Waals surface area contributed by atoms with Crippen LogP contribution in [0.5, 0.6) is 0 Å². The van der Waals surface area contributed by atoms with Gasteiger partial charge in [-0.05, 0) is 43.4 Å². The lowest BCUT2D eigenvalue weighted by Gasteiger charge is -2.39. The third-order valence-corrected chi connectivity index (χ3v) is 6.96. The molecule has 1 saturated carbocycles. The number of amides is 3. The summed E-state index contributed by atoms with van der Waals surface area (Å²) in [4.78, 5) is 38.3. The Morgan fingerprint density at radius 2 is 1.61 bits per heavy atom. The Balaban J connectivity index is 1.71. The number of nitrogens with one attached hydrogen (secondary N) is 3. The fourth-order valence-electron chi connectivity index (χ4n) is 4.22. The lowest BCUT2D eigenvalue weighted by Crippen LogP contribution is -2.54. The average Bonchev–Trinajstić information content (AvgIpc) is 2.85. The monoisotopic (exact) mass is 467 g/mol. The summed E-state index contributed by atoms with van der Waals surface area (Å²) in [7, 11) is 0. The van der Waals surface area contributed by atoms with Gasteiger partial charge in [-0.3, -0.25) is 14.4 Å². The number of carbonyl (C=O) groups excluding carboxylic acids is 3. The van der Waals surface area contributed by atoms with Crippen LogP contribution in [0, 0.1) is 5.41 Å². The molecule has 2 aromatic rings. The second-order valence-corrected chi connectivity index (χ2v) is 9.02. The fourth-order valence-corrected chi connectivity index (χ4v) is 4.68. The molecule has 33 heavy (non-hydrogen) atoms. The van der Waals surface area contributed by atoms with Gasteiger partial charge in [-0.25, -0.2) is 0 Å². The van der Waals surface area contributed by atoms with Crippen LogP contribution in [0.15, 0.2) is 60.7 Å². The van der Waals surface area contributed by atoms with E-state index in [0.717, 1.165) is 18.4 Å². The van der Waals surface area contributed by atoms with Crippen molar-refractivity contribution in [3.05, 3.63) is 66.2 Å². The molecule has 0 unspecified atom stereocenters. The standard InChI is InChI=1S/C26H33N3O3S/c1-2-23(30)27-21-13-15-26(18-33,16-14-21)25(32)29-22(17-19-9-5-3-6-10-19)24(31)28-20-11-7-4-8-12-20/h3-12,21-22,33H,2,13-18H2,1H3,(H,27,30)(H,28,31)(H,29,32)/t21?,22-,26?/m0/s1. The van der Waals surface area contributed by atoms with Crippen molar-refractivity contribution in [3.8, 4) is 0 Å². The summed E-state index contributed by atoms with van der Waals surface area (Å²) in [6, 6.07) is 18.3. The predicted octanol–water partition coefficient (Wildman–Crippen LogP) is 3.74. The summed E-state index contributed by atoms with van der Waals surface area (Å²) in [5.41, 5.74) is 1.00. The van der Waals surface area contributed by atoms with Crippen LogP contribution in [-0.2, 0) is 20.8 Å². The van der Waals surface area contributed by atoms with Gasteiger partial charge in [0.15, 0.2) is 0 Å². The second kappa shape index (κ2) is 11.9. The van der Waals surface area contributed by atoms with E-state index in [1.54, 1.807) is 0 Å². The zero-order valence-electron chi connectivity index (χ0n) is 19.0. The number of thiol groups is 1. The fraction of sp³-hybridized carbons (Fsp3) is 0.423. The average molecular weight is 468 g/mol.